The lowest BCUT2D eigenvalue weighted by atomic mass is 10.1. The Balaban J connectivity index is 2.00. The number of nitrogens with zero attached hydrogens (tertiary/aromatic N) is 4. The fraction of sp³-hybridized carbons (Fsp3) is 0.750. The molecule has 1 aliphatic rings. The zero-order valence-electron chi connectivity index (χ0n) is 12.3. The van der Waals surface area contributed by atoms with Crippen LogP contribution < -0.4 is 21.5 Å². The number of aromatic nitrogens is 3. The van der Waals surface area contributed by atoms with Gasteiger partial charge in [0.05, 0.1) is 0 Å². The molecule has 1 unspecified atom stereocenters. The second-order valence-corrected chi connectivity index (χ2v) is 6.59. The van der Waals surface area contributed by atoms with Gasteiger partial charge in [-0.25, -0.2) is 5.84 Å². The van der Waals surface area contributed by atoms with Gasteiger partial charge in [0.25, 0.3) is 0 Å². The van der Waals surface area contributed by atoms with Crippen LogP contribution in [-0.2, 0) is 10.8 Å². The maximum Gasteiger partial charge on any atom is 0.243 e. The highest BCUT2D eigenvalue weighted by Crippen LogP contribution is 2.18. The Morgan fingerprint density at radius 3 is 2.57 bits per heavy atom. The highest BCUT2D eigenvalue weighted by molar-refractivity contribution is 7.84. The Hall–Kier alpha value is -1.48. The van der Waals surface area contributed by atoms with E-state index in [1.165, 1.54) is 6.42 Å². The summed E-state index contributed by atoms with van der Waals surface area (Å²) in [6.45, 7) is 2.59. The van der Waals surface area contributed by atoms with Crippen LogP contribution in [0.1, 0.15) is 25.7 Å². The van der Waals surface area contributed by atoms with E-state index in [0.717, 1.165) is 32.4 Å². The van der Waals surface area contributed by atoms with E-state index in [4.69, 9.17) is 5.84 Å². The van der Waals surface area contributed by atoms with Gasteiger partial charge >= 0.3 is 0 Å². The van der Waals surface area contributed by atoms with Crippen molar-refractivity contribution < 1.29 is 4.21 Å². The van der Waals surface area contributed by atoms with Crippen molar-refractivity contribution in [2.45, 2.75) is 25.7 Å². The fourth-order valence-electron chi connectivity index (χ4n) is 2.22. The minimum atomic E-state index is -0.771. The first kappa shape index (κ1) is 15.9. The van der Waals surface area contributed by atoms with Gasteiger partial charge in [-0.2, -0.15) is 15.0 Å². The summed E-state index contributed by atoms with van der Waals surface area (Å²) in [5.74, 6) is 7.59. The Labute approximate surface area is 127 Å². The zero-order chi connectivity index (χ0) is 15.1. The fourth-order valence-corrected chi connectivity index (χ4v) is 2.77. The lowest BCUT2D eigenvalue weighted by molar-refractivity contribution is 0.568. The molecular formula is C12H23N7OS. The van der Waals surface area contributed by atoms with Crippen LogP contribution >= 0.6 is 0 Å². The zero-order valence-corrected chi connectivity index (χ0v) is 13.2. The molecule has 1 atom stereocenters. The monoisotopic (exact) mass is 313 g/mol. The topological polar surface area (TPSA) is 109 Å². The second kappa shape index (κ2) is 8.08. The lowest BCUT2D eigenvalue weighted by Gasteiger charge is -2.26. The number of nitrogen functional groups attached to an aromatic ring is 1. The molecule has 0 radical (unpaired) electrons. The van der Waals surface area contributed by atoms with E-state index in [2.05, 4.69) is 30.6 Å². The largest absolute Gasteiger partial charge is 0.354 e. The molecule has 0 spiro atoms. The molecule has 8 nitrogen and oxygen atoms in total. The standard InChI is InChI=1S/C12H23N7OS/c1-21(20)9-5-6-14-10-15-11(18-13)17-12(16-10)19-7-3-2-4-8-19/h2-9,13H2,1H3,(H2,14,15,16,17,18). The smallest absolute Gasteiger partial charge is 0.243 e. The molecule has 0 amide bonds. The number of piperidine rings is 1. The van der Waals surface area contributed by atoms with Gasteiger partial charge in [-0.3, -0.25) is 9.63 Å². The molecule has 0 bridgehead atoms. The van der Waals surface area contributed by atoms with Gasteiger partial charge in [0.2, 0.25) is 17.8 Å². The summed E-state index contributed by atoms with van der Waals surface area (Å²) < 4.78 is 11.0. The van der Waals surface area contributed by atoms with Gasteiger partial charge in [-0.1, -0.05) is 0 Å². The molecule has 1 fully saturated rings. The van der Waals surface area contributed by atoms with E-state index in [9.17, 15) is 4.21 Å². The third-order valence-corrected chi connectivity index (χ3v) is 4.15. The molecule has 0 aliphatic carbocycles. The number of nitrogens with two attached hydrogens (primary N) is 1. The van der Waals surface area contributed by atoms with Crippen molar-refractivity contribution in [3.63, 3.8) is 0 Å². The van der Waals surface area contributed by atoms with Crippen molar-refractivity contribution in [1.29, 1.82) is 0 Å². The number of nitrogens with one attached hydrogen (secondary N) is 2. The van der Waals surface area contributed by atoms with Crippen LogP contribution in [0.3, 0.4) is 0 Å². The highest BCUT2D eigenvalue weighted by Gasteiger charge is 2.15. The minimum Gasteiger partial charge on any atom is -0.354 e. The third kappa shape index (κ3) is 5.09. The van der Waals surface area contributed by atoms with Crippen LogP contribution in [-0.4, -0.2) is 50.8 Å². The van der Waals surface area contributed by atoms with Gasteiger partial charge in [-0.05, 0) is 25.7 Å². The summed E-state index contributed by atoms with van der Waals surface area (Å²) in [5.41, 5.74) is 2.48. The van der Waals surface area contributed by atoms with E-state index in [1.807, 2.05) is 0 Å². The molecule has 1 saturated heterocycles. The molecule has 1 aromatic heterocycles. The summed E-state index contributed by atoms with van der Waals surface area (Å²) in [5, 5.41) is 3.14. The van der Waals surface area contributed by atoms with Crippen molar-refractivity contribution in [3.8, 4) is 0 Å². The van der Waals surface area contributed by atoms with Crippen molar-refractivity contribution in [2.75, 3.05) is 47.3 Å². The van der Waals surface area contributed by atoms with E-state index < -0.39 is 10.8 Å². The maximum absolute atomic E-state index is 11.0. The molecule has 9 heteroatoms. The number of hydrogen-bond donors (Lipinski definition) is 3. The molecule has 1 aromatic rings. The molecule has 0 saturated carbocycles. The number of hydrogen-bond acceptors (Lipinski definition) is 8. The average Bonchev–Trinajstić information content (AvgIpc) is 2.52. The van der Waals surface area contributed by atoms with E-state index in [-0.39, 0.29) is 0 Å². The van der Waals surface area contributed by atoms with Gasteiger partial charge in [0, 0.05) is 42.4 Å². The minimum absolute atomic E-state index is 0.354. The summed E-state index contributed by atoms with van der Waals surface area (Å²) >= 11 is 0. The molecule has 2 heterocycles. The molecule has 1 aliphatic heterocycles. The SMILES string of the molecule is CS(=O)CCCNc1nc(NN)nc(N2CCCCC2)n1. The number of anilines is 3. The van der Waals surface area contributed by atoms with Gasteiger partial charge in [-0.15, -0.1) is 0 Å². The van der Waals surface area contributed by atoms with E-state index in [1.54, 1.807) is 6.26 Å². The van der Waals surface area contributed by atoms with E-state index >= 15 is 0 Å². The third-order valence-electron chi connectivity index (χ3n) is 3.28. The summed E-state index contributed by atoms with van der Waals surface area (Å²) in [7, 11) is -0.771. The van der Waals surface area contributed by atoms with Crippen molar-refractivity contribution in [1.82, 2.24) is 15.0 Å². The molecule has 21 heavy (non-hydrogen) atoms. The van der Waals surface area contributed by atoms with Crippen LogP contribution in [0.25, 0.3) is 0 Å². The number of rotatable bonds is 7. The van der Waals surface area contributed by atoms with Crippen LogP contribution in [0.2, 0.25) is 0 Å². The quantitative estimate of drug-likeness (QED) is 0.375. The van der Waals surface area contributed by atoms with Crippen molar-refractivity contribution in [3.05, 3.63) is 0 Å². The average molecular weight is 313 g/mol. The summed E-state index contributed by atoms with van der Waals surface area (Å²) in [6.07, 6.45) is 6.07. The van der Waals surface area contributed by atoms with Gasteiger partial charge < -0.3 is 10.2 Å². The summed E-state index contributed by atoms with van der Waals surface area (Å²) in [6, 6.07) is 0. The first-order chi connectivity index (χ1) is 10.2. The predicted octanol–water partition coefficient (Wildman–Crippen LogP) is 0.328. The van der Waals surface area contributed by atoms with E-state index in [0.29, 0.717) is 30.1 Å². The first-order valence-electron chi connectivity index (χ1n) is 7.20. The molecule has 0 aromatic carbocycles. The van der Waals surface area contributed by atoms with Gasteiger partial charge in [0.1, 0.15) is 0 Å². The predicted molar refractivity (Wildman–Crippen MR) is 85.7 cm³/mol. The van der Waals surface area contributed by atoms with Gasteiger partial charge in [0.15, 0.2) is 0 Å². The first-order valence-corrected chi connectivity index (χ1v) is 8.93. The maximum atomic E-state index is 11.0. The van der Waals surface area contributed by atoms with Crippen LogP contribution in [0, 0.1) is 0 Å². The Kier molecular flexibility index (Phi) is 6.12. The Morgan fingerprint density at radius 2 is 1.90 bits per heavy atom. The van der Waals surface area contributed by atoms with Crippen molar-refractivity contribution in [2.24, 2.45) is 5.84 Å². The number of hydrazine groups is 1. The lowest BCUT2D eigenvalue weighted by Crippen LogP contribution is -2.31. The summed E-state index contributed by atoms with van der Waals surface area (Å²) in [4.78, 5) is 15.1. The van der Waals surface area contributed by atoms with Crippen molar-refractivity contribution >= 4 is 28.6 Å². The van der Waals surface area contributed by atoms with Crippen LogP contribution in [0.5, 0.6) is 0 Å². The van der Waals surface area contributed by atoms with Crippen LogP contribution in [0.15, 0.2) is 0 Å². The second-order valence-electron chi connectivity index (χ2n) is 5.03. The molecular weight excluding hydrogens is 290 g/mol. The molecule has 4 N–H and O–H groups in total. The highest BCUT2D eigenvalue weighted by atomic mass is 32.2. The Morgan fingerprint density at radius 1 is 1.19 bits per heavy atom. The normalized spacial score (nSPS) is 16.6. The molecule has 118 valence electrons. The molecule has 2 rings (SSSR count). The Bertz CT molecular complexity index is 479. The van der Waals surface area contributed by atoms with Crippen LogP contribution in [0.4, 0.5) is 17.8 Å².